The van der Waals surface area contributed by atoms with E-state index >= 15 is 0 Å². The quantitative estimate of drug-likeness (QED) is 0.243. The Morgan fingerprint density at radius 3 is 1.87 bits per heavy atom. The van der Waals surface area contributed by atoms with Gasteiger partial charge in [-0.15, -0.1) is 0 Å². The molecule has 31 heavy (non-hydrogen) atoms. The lowest BCUT2D eigenvalue weighted by molar-refractivity contribution is 0.257. The van der Waals surface area contributed by atoms with Crippen molar-refractivity contribution >= 4 is 10.1 Å². The van der Waals surface area contributed by atoms with E-state index in [2.05, 4.69) is 52.8 Å². The molecule has 0 N–H and O–H groups in total. The van der Waals surface area contributed by atoms with Crippen molar-refractivity contribution in [2.45, 2.75) is 91.6 Å². The monoisotopic (exact) mass is 444 g/mol. The molecule has 1 aromatic rings. The van der Waals surface area contributed by atoms with Crippen molar-refractivity contribution in [3.8, 4) is 0 Å². The molecule has 1 aromatic carbocycles. The fraction of sp³-hybridized carbons (Fsp3) is 0.481. The average molecular weight is 445 g/mol. The van der Waals surface area contributed by atoms with Crippen LogP contribution in [-0.2, 0) is 14.3 Å². The van der Waals surface area contributed by atoms with E-state index in [0.29, 0.717) is 6.42 Å². The third-order valence-electron chi connectivity index (χ3n) is 4.91. The van der Waals surface area contributed by atoms with Crippen LogP contribution in [0.15, 0.2) is 75.8 Å². The second-order valence-corrected chi connectivity index (χ2v) is 10.4. The lowest BCUT2D eigenvalue weighted by atomic mass is 10.0. The van der Waals surface area contributed by atoms with Crippen LogP contribution in [0.3, 0.4) is 0 Å². The number of hydrogen-bond acceptors (Lipinski definition) is 3. The summed E-state index contributed by atoms with van der Waals surface area (Å²) >= 11 is 0. The zero-order valence-corrected chi connectivity index (χ0v) is 21.2. The summed E-state index contributed by atoms with van der Waals surface area (Å²) in [6.45, 7) is 14.4. The van der Waals surface area contributed by atoms with Gasteiger partial charge in [-0.2, -0.15) is 8.42 Å². The van der Waals surface area contributed by atoms with E-state index < -0.39 is 16.2 Å². The zero-order chi connectivity index (χ0) is 23.4. The van der Waals surface area contributed by atoms with Crippen LogP contribution in [0.1, 0.15) is 79.2 Å². The van der Waals surface area contributed by atoms with Crippen LogP contribution in [0.5, 0.6) is 0 Å². The molecular weight excluding hydrogens is 404 g/mol. The van der Waals surface area contributed by atoms with E-state index in [9.17, 15) is 8.42 Å². The average Bonchev–Trinajstić information content (AvgIpc) is 2.65. The molecule has 3 nitrogen and oxygen atoms in total. The van der Waals surface area contributed by atoms with Gasteiger partial charge in [-0.05, 0) is 92.7 Å². The van der Waals surface area contributed by atoms with E-state index in [1.807, 2.05) is 19.9 Å². The third kappa shape index (κ3) is 11.9. The molecule has 1 atom stereocenters. The van der Waals surface area contributed by atoms with E-state index in [4.69, 9.17) is 4.18 Å². The lowest BCUT2D eigenvalue weighted by Crippen LogP contribution is -2.17. The minimum atomic E-state index is -3.83. The predicted octanol–water partition coefficient (Wildman–Crippen LogP) is 7.84. The maximum atomic E-state index is 12.8. The van der Waals surface area contributed by atoms with Crippen molar-refractivity contribution < 1.29 is 12.6 Å². The van der Waals surface area contributed by atoms with Gasteiger partial charge in [0.25, 0.3) is 10.1 Å². The Hall–Kier alpha value is -1.91. The van der Waals surface area contributed by atoms with Gasteiger partial charge in [0.15, 0.2) is 0 Å². The Bertz CT molecular complexity index is 906. The molecule has 4 heteroatoms. The van der Waals surface area contributed by atoms with Crippen LogP contribution < -0.4 is 0 Å². The van der Waals surface area contributed by atoms with Gasteiger partial charge in [-0.25, -0.2) is 0 Å². The fourth-order valence-corrected chi connectivity index (χ4v) is 4.10. The smallest absolute Gasteiger partial charge is 0.258 e. The lowest BCUT2D eigenvalue weighted by Gasteiger charge is -2.15. The van der Waals surface area contributed by atoms with Crippen LogP contribution in [0.2, 0.25) is 0 Å². The van der Waals surface area contributed by atoms with Crippen molar-refractivity contribution in [1.29, 1.82) is 0 Å². The van der Waals surface area contributed by atoms with Gasteiger partial charge in [0.05, 0.1) is 11.0 Å². The molecular formula is C27H40O3S. The summed E-state index contributed by atoms with van der Waals surface area (Å²) in [6, 6.07) is 6.79. The van der Waals surface area contributed by atoms with Crippen LogP contribution in [0.25, 0.3) is 0 Å². The number of rotatable bonds is 12. The first-order valence-electron chi connectivity index (χ1n) is 11.1. The molecule has 1 unspecified atom stereocenters. The van der Waals surface area contributed by atoms with Gasteiger partial charge < -0.3 is 0 Å². The Labute approximate surface area is 190 Å². The highest BCUT2D eigenvalue weighted by atomic mass is 32.2. The third-order valence-corrected chi connectivity index (χ3v) is 6.26. The summed E-state index contributed by atoms with van der Waals surface area (Å²) < 4.78 is 31.4. The molecule has 0 amide bonds. The SMILES string of the molecule is CC(C)=CCC/C(C)=C/CC(/C=C(\C)CCC=C(C)C)OS(=O)(=O)c1ccc(C)cc1. The molecule has 0 bridgehead atoms. The van der Waals surface area contributed by atoms with Crippen LogP contribution in [-0.4, -0.2) is 14.5 Å². The fourth-order valence-electron chi connectivity index (χ4n) is 3.06. The molecule has 172 valence electrons. The van der Waals surface area contributed by atoms with E-state index in [-0.39, 0.29) is 4.90 Å². The van der Waals surface area contributed by atoms with Crippen LogP contribution >= 0.6 is 0 Å². The maximum Gasteiger partial charge on any atom is 0.297 e. The van der Waals surface area contributed by atoms with Crippen molar-refractivity contribution in [2.24, 2.45) is 0 Å². The molecule has 0 aliphatic rings. The molecule has 0 aliphatic heterocycles. The summed E-state index contributed by atoms with van der Waals surface area (Å²) in [6.07, 6.45) is 12.3. The largest absolute Gasteiger partial charge is 0.297 e. The molecule has 0 saturated heterocycles. The van der Waals surface area contributed by atoms with Crippen LogP contribution in [0.4, 0.5) is 0 Å². The first kappa shape index (κ1) is 27.1. The van der Waals surface area contributed by atoms with Crippen molar-refractivity contribution in [1.82, 2.24) is 0 Å². The van der Waals surface area contributed by atoms with Crippen molar-refractivity contribution in [3.63, 3.8) is 0 Å². The van der Waals surface area contributed by atoms with Gasteiger partial charge in [0, 0.05) is 0 Å². The molecule has 0 aliphatic carbocycles. The van der Waals surface area contributed by atoms with Crippen LogP contribution in [0, 0.1) is 6.92 Å². The zero-order valence-electron chi connectivity index (χ0n) is 20.4. The van der Waals surface area contributed by atoms with E-state index in [1.165, 1.54) is 16.7 Å². The molecule has 0 radical (unpaired) electrons. The summed E-state index contributed by atoms with van der Waals surface area (Å²) in [4.78, 5) is 0.197. The van der Waals surface area contributed by atoms with E-state index in [1.54, 1.807) is 24.3 Å². The Kier molecular flexibility index (Phi) is 11.8. The number of aryl methyl sites for hydroxylation is 1. The Balaban J connectivity index is 2.99. The normalized spacial score (nSPS) is 13.6. The number of hydrogen-bond donors (Lipinski definition) is 0. The minimum Gasteiger partial charge on any atom is -0.258 e. The maximum absolute atomic E-state index is 12.8. The van der Waals surface area contributed by atoms with Gasteiger partial charge in [-0.3, -0.25) is 4.18 Å². The molecule has 0 saturated carbocycles. The van der Waals surface area contributed by atoms with Gasteiger partial charge >= 0.3 is 0 Å². The van der Waals surface area contributed by atoms with Gasteiger partial charge in [0.1, 0.15) is 0 Å². The molecule has 0 fully saturated rings. The second-order valence-electron chi connectivity index (χ2n) is 8.84. The number of allylic oxidation sites excluding steroid dienone is 6. The number of benzene rings is 1. The summed E-state index contributed by atoms with van der Waals surface area (Å²) in [7, 11) is -3.83. The summed E-state index contributed by atoms with van der Waals surface area (Å²) in [5.41, 5.74) is 6.00. The van der Waals surface area contributed by atoms with Crippen molar-refractivity contribution in [2.75, 3.05) is 0 Å². The highest BCUT2D eigenvalue weighted by Crippen LogP contribution is 2.20. The highest BCUT2D eigenvalue weighted by molar-refractivity contribution is 7.86. The Morgan fingerprint density at radius 1 is 0.839 bits per heavy atom. The topological polar surface area (TPSA) is 43.4 Å². The predicted molar refractivity (Wildman–Crippen MR) is 133 cm³/mol. The second kappa shape index (κ2) is 13.5. The standard InChI is InChI=1S/C27H40O3S/c1-21(2)10-8-12-23(5)14-17-26(20-25(7)13-9-11-22(3)4)30-31(28,29)27-18-15-24(6)16-19-27/h10-11,14-16,18-20,26H,8-9,12-13,17H2,1-7H3/b23-14+,25-20+. The van der Waals surface area contributed by atoms with Gasteiger partial charge in [-0.1, -0.05) is 64.3 Å². The van der Waals surface area contributed by atoms with E-state index in [0.717, 1.165) is 36.8 Å². The first-order chi connectivity index (χ1) is 14.5. The van der Waals surface area contributed by atoms with Crippen molar-refractivity contribution in [3.05, 3.63) is 76.4 Å². The summed E-state index contributed by atoms with van der Waals surface area (Å²) in [5, 5.41) is 0. The minimum absolute atomic E-state index is 0.197. The Morgan fingerprint density at radius 2 is 1.35 bits per heavy atom. The van der Waals surface area contributed by atoms with Gasteiger partial charge in [0.2, 0.25) is 0 Å². The molecule has 1 rings (SSSR count). The molecule has 0 spiro atoms. The first-order valence-corrected chi connectivity index (χ1v) is 12.5. The highest BCUT2D eigenvalue weighted by Gasteiger charge is 2.20. The molecule has 0 heterocycles. The molecule has 0 aromatic heterocycles. The summed E-state index contributed by atoms with van der Waals surface area (Å²) in [5.74, 6) is 0.